The highest BCUT2D eigenvalue weighted by atomic mass is 19.3. The molecule has 148 valence electrons. The smallest absolute Gasteiger partial charge is 0.387 e. The number of amides is 2. The van der Waals surface area contributed by atoms with Crippen LogP contribution in [-0.4, -0.2) is 50.7 Å². The van der Waals surface area contributed by atoms with Crippen molar-refractivity contribution >= 4 is 17.8 Å². The van der Waals surface area contributed by atoms with Crippen LogP contribution in [-0.2, 0) is 14.3 Å². The molecule has 0 bridgehead atoms. The number of carbonyl (C=O) groups is 3. The molecule has 0 unspecified atom stereocenters. The normalized spacial score (nSPS) is 11.3. The Labute approximate surface area is 154 Å². The minimum absolute atomic E-state index is 0.0537. The van der Waals surface area contributed by atoms with Crippen molar-refractivity contribution in [3.05, 3.63) is 36.4 Å². The second kappa shape index (κ2) is 10.7. The number of hydrogen-bond acceptors (Lipinski definition) is 6. The molecule has 0 spiro atoms. The van der Waals surface area contributed by atoms with E-state index in [1.807, 2.05) is 0 Å². The van der Waals surface area contributed by atoms with Crippen LogP contribution < -0.4 is 20.1 Å². The maximum absolute atomic E-state index is 12.3. The Morgan fingerprint density at radius 2 is 1.93 bits per heavy atom. The number of carbonyl (C=O) groups excluding carboxylic acids is 3. The van der Waals surface area contributed by atoms with Crippen LogP contribution in [0.5, 0.6) is 11.5 Å². The summed E-state index contributed by atoms with van der Waals surface area (Å²) >= 11 is 0. The molecule has 0 heterocycles. The van der Waals surface area contributed by atoms with Gasteiger partial charge in [-0.1, -0.05) is 6.08 Å². The minimum atomic E-state index is -3.04. The van der Waals surface area contributed by atoms with E-state index >= 15 is 0 Å². The number of rotatable bonds is 10. The van der Waals surface area contributed by atoms with Crippen molar-refractivity contribution in [3.8, 4) is 11.5 Å². The van der Waals surface area contributed by atoms with Gasteiger partial charge in [0.2, 0.25) is 0 Å². The van der Waals surface area contributed by atoms with Gasteiger partial charge in [0.15, 0.2) is 17.6 Å². The van der Waals surface area contributed by atoms with Gasteiger partial charge in [0.1, 0.15) is 6.54 Å². The first-order chi connectivity index (χ1) is 12.8. The summed E-state index contributed by atoms with van der Waals surface area (Å²) in [6.07, 6.45) is 0.429. The van der Waals surface area contributed by atoms with Crippen LogP contribution in [0.25, 0.3) is 0 Å². The molecule has 8 nitrogen and oxygen atoms in total. The quantitative estimate of drug-likeness (QED) is 0.464. The molecule has 0 saturated carbocycles. The van der Waals surface area contributed by atoms with E-state index in [4.69, 9.17) is 9.47 Å². The lowest BCUT2D eigenvalue weighted by atomic mass is 10.2. The van der Waals surface area contributed by atoms with Gasteiger partial charge >= 0.3 is 12.6 Å². The molecule has 1 atom stereocenters. The number of methoxy groups -OCH3 is 1. The Bertz CT molecular complexity index is 696. The maximum Gasteiger partial charge on any atom is 0.387 e. The van der Waals surface area contributed by atoms with Crippen LogP contribution in [0.2, 0.25) is 0 Å². The summed E-state index contributed by atoms with van der Waals surface area (Å²) in [6.45, 7) is 1.51. The Kier molecular flexibility index (Phi) is 8.70. The van der Waals surface area contributed by atoms with Crippen LogP contribution in [0.15, 0.2) is 30.9 Å². The molecule has 0 aromatic heterocycles. The van der Waals surface area contributed by atoms with E-state index in [9.17, 15) is 23.2 Å². The first-order valence-electron chi connectivity index (χ1n) is 7.77. The predicted molar refractivity (Wildman–Crippen MR) is 90.7 cm³/mol. The first kappa shape index (κ1) is 21.9. The van der Waals surface area contributed by atoms with E-state index in [0.717, 1.165) is 6.07 Å². The van der Waals surface area contributed by atoms with Gasteiger partial charge in [-0.2, -0.15) is 8.78 Å². The Hall–Kier alpha value is -3.17. The van der Waals surface area contributed by atoms with E-state index in [0.29, 0.717) is 0 Å². The summed E-state index contributed by atoms with van der Waals surface area (Å²) in [5, 5.41) is 4.75. The van der Waals surface area contributed by atoms with E-state index < -0.39 is 37.0 Å². The predicted octanol–water partition coefficient (Wildman–Crippen LogP) is 1.26. The zero-order valence-corrected chi connectivity index (χ0v) is 14.8. The largest absolute Gasteiger partial charge is 0.493 e. The van der Waals surface area contributed by atoms with Gasteiger partial charge in [-0.25, -0.2) is 0 Å². The van der Waals surface area contributed by atoms with Crippen LogP contribution in [0.4, 0.5) is 8.78 Å². The van der Waals surface area contributed by atoms with Crippen molar-refractivity contribution < 1.29 is 37.4 Å². The third kappa shape index (κ3) is 7.30. The fourth-order valence-corrected chi connectivity index (χ4v) is 1.87. The Morgan fingerprint density at radius 3 is 2.52 bits per heavy atom. The molecule has 2 amide bonds. The van der Waals surface area contributed by atoms with E-state index in [-0.39, 0.29) is 23.6 Å². The molecule has 0 saturated heterocycles. The Balaban J connectivity index is 2.60. The average molecular weight is 386 g/mol. The van der Waals surface area contributed by atoms with Gasteiger partial charge in [-0.15, -0.1) is 6.58 Å². The number of alkyl halides is 2. The van der Waals surface area contributed by atoms with E-state index in [2.05, 4.69) is 21.9 Å². The van der Waals surface area contributed by atoms with Gasteiger partial charge in [-0.05, 0) is 25.1 Å². The molecule has 10 heteroatoms. The average Bonchev–Trinajstić information content (AvgIpc) is 2.63. The zero-order valence-electron chi connectivity index (χ0n) is 14.8. The lowest BCUT2D eigenvalue weighted by molar-refractivity contribution is -0.153. The summed E-state index contributed by atoms with van der Waals surface area (Å²) < 4.78 is 38.6. The molecule has 0 fully saturated rings. The van der Waals surface area contributed by atoms with Crippen molar-refractivity contribution in [3.63, 3.8) is 0 Å². The number of hydrogen-bond donors (Lipinski definition) is 2. The minimum Gasteiger partial charge on any atom is -0.493 e. The van der Waals surface area contributed by atoms with Gasteiger partial charge in [-0.3, -0.25) is 14.4 Å². The summed E-state index contributed by atoms with van der Waals surface area (Å²) in [4.78, 5) is 35.3. The van der Waals surface area contributed by atoms with Crippen molar-refractivity contribution in [1.29, 1.82) is 0 Å². The van der Waals surface area contributed by atoms with Gasteiger partial charge in [0.25, 0.3) is 11.8 Å². The fourth-order valence-electron chi connectivity index (χ4n) is 1.87. The van der Waals surface area contributed by atoms with Crippen LogP contribution in [0.3, 0.4) is 0 Å². The number of halogens is 2. The van der Waals surface area contributed by atoms with Crippen molar-refractivity contribution in [2.45, 2.75) is 19.6 Å². The number of nitrogens with one attached hydrogen (secondary N) is 2. The summed E-state index contributed by atoms with van der Waals surface area (Å²) in [5.41, 5.74) is 0.0537. The highest BCUT2D eigenvalue weighted by molar-refractivity contribution is 5.96. The third-order valence-corrected chi connectivity index (χ3v) is 3.13. The van der Waals surface area contributed by atoms with Crippen LogP contribution in [0, 0.1) is 0 Å². The second-order valence-corrected chi connectivity index (χ2v) is 5.09. The lowest BCUT2D eigenvalue weighted by Gasteiger charge is -2.13. The monoisotopic (exact) mass is 386 g/mol. The topological polar surface area (TPSA) is 103 Å². The first-order valence-corrected chi connectivity index (χ1v) is 7.77. The molecular formula is C17H20F2N2O6. The number of esters is 1. The highest BCUT2D eigenvalue weighted by Gasteiger charge is 2.18. The van der Waals surface area contributed by atoms with Crippen molar-refractivity contribution in [2.24, 2.45) is 0 Å². The standard InChI is InChI=1S/C17H20F2N2O6/c1-4-7-20-15(23)10(2)26-14(22)9-21-16(24)11-5-6-12(27-17(18)19)13(8-11)25-3/h4-6,8,10,17H,1,7,9H2,2-3H3,(H,20,23)(H,21,24)/t10-/m0/s1. The van der Waals surface area contributed by atoms with Crippen LogP contribution in [0.1, 0.15) is 17.3 Å². The number of ether oxygens (including phenoxy) is 3. The van der Waals surface area contributed by atoms with Crippen LogP contribution >= 0.6 is 0 Å². The second-order valence-electron chi connectivity index (χ2n) is 5.09. The van der Waals surface area contributed by atoms with E-state index in [1.165, 1.54) is 32.2 Å². The van der Waals surface area contributed by atoms with Gasteiger partial charge < -0.3 is 24.8 Å². The molecule has 0 aliphatic carbocycles. The zero-order chi connectivity index (χ0) is 20.4. The van der Waals surface area contributed by atoms with Crippen molar-refractivity contribution in [2.75, 3.05) is 20.2 Å². The summed E-state index contributed by atoms with van der Waals surface area (Å²) in [6, 6.07) is 3.56. The summed E-state index contributed by atoms with van der Waals surface area (Å²) in [5.74, 6) is -2.30. The van der Waals surface area contributed by atoms with Crippen molar-refractivity contribution in [1.82, 2.24) is 10.6 Å². The third-order valence-electron chi connectivity index (χ3n) is 3.13. The molecule has 1 rings (SSSR count). The summed E-state index contributed by atoms with van der Waals surface area (Å²) in [7, 11) is 1.23. The molecule has 0 aliphatic rings. The molecular weight excluding hydrogens is 366 g/mol. The lowest BCUT2D eigenvalue weighted by Crippen LogP contribution is -2.38. The van der Waals surface area contributed by atoms with Gasteiger partial charge in [0.05, 0.1) is 7.11 Å². The molecule has 1 aromatic carbocycles. The molecule has 27 heavy (non-hydrogen) atoms. The number of benzene rings is 1. The molecule has 1 aromatic rings. The highest BCUT2D eigenvalue weighted by Crippen LogP contribution is 2.29. The molecule has 0 radical (unpaired) electrons. The van der Waals surface area contributed by atoms with Gasteiger partial charge in [0, 0.05) is 12.1 Å². The fraction of sp³-hybridized carbons (Fsp3) is 0.353. The maximum atomic E-state index is 12.3. The Morgan fingerprint density at radius 1 is 1.22 bits per heavy atom. The molecule has 2 N–H and O–H groups in total. The SMILES string of the molecule is C=CCNC(=O)[C@H](C)OC(=O)CNC(=O)c1ccc(OC(F)F)c(OC)c1. The molecule has 0 aliphatic heterocycles. The van der Waals surface area contributed by atoms with E-state index in [1.54, 1.807) is 0 Å².